The van der Waals surface area contributed by atoms with Crippen molar-refractivity contribution in [3.63, 3.8) is 0 Å². The Morgan fingerprint density at radius 2 is 1.89 bits per heavy atom. The lowest BCUT2D eigenvalue weighted by Gasteiger charge is -2.32. The Kier molecular flexibility index (Phi) is 6.83. The SMILES string of the molecule is O=C(NCC(=O)N(c1ccc2c(c1)OCO2)[C@@H](C(=O)NC1CCCC1)c1cccnc1)c1ccco1. The molecule has 2 N–H and O–H groups in total. The van der Waals surface area contributed by atoms with Crippen LogP contribution in [-0.2, 0) is 9.59 Å². The smallest absolute Gasteiger partial charge is 0.287 e. The topological polar surface area (TPSA) is 123 Å². The molecule has 1 fully saturated rings. The molecule has 1 aromatic carbocycles. The zero-order chi connectivity index (χ0) is 24.9. The number of amides is 3. The van der Waals surface area contributed by atoms with Crippen LogP contribution in [0.15, 0.2) is 65.5 Å². The van der Waals surface area contributed by atoms with Gasteiger partial charge in [0.2, 0.25) is 18.6 Å². The molecule has 186 valence electrons. The molecule has 2 aliphatic rings. The zero-order valence-corrected chi connectivity index (χ0v) is 19.5. The molecule has 3 heterocycles. The predicted octanol–water partition coefficient (Wildman–Crippen LogP) is 2.97. The number of hydrogen-bond acceptors (Lipinski definition) is 7. The van der Waals surface area contributed by atoms with Gasteiger partial charge in [0.05, 0.1) is 12.8 Å². The molecule has 10 heteroatoms. The lowest BCUT2D eigenvalue weighted by Crippen LogP contribution is -2.49. The van der Waals surface area contributed by atoms with Crippen LogP contribution in [0.5, 0.6) is 11.5 Å². The predicted molar refractivity (Wildman–Crippen MR) is 128 cm³/mol. The number of fused-ring (bicyclic) bond motifs is 1. The van der Waals surface area contributed by atoms with Gasteiger partial charge < -0.3 is 24.5 Å². The van der Waals surface area contributed by atoms with E-state index >= 15 is 0 Å². The summed E-state index contributed by atoms with van der Waals surface area (Å²) in [5, 5.41) is 5.68. The van der Waals surface area contributed by atoms with E-state index in [-0.39, 0.29) is 31.0 Å². The number of aromatic nitrogens is 1. The molecule has 1 atom stereocenters. The van der Waals surface area contributed by atoms with Crippen LogP contribution in [0, 0.1) is 0 Å². The lowest BCUT2D eigenvalue weighted by molar-refractivity contribution is -0.126. The molecule has 0 spiro atoms. The fourth-order valence-electron chi connectivity index (χ4n) is 4.51. The summed E-state index contributed by atoms with van der Waals surface area (Å²) in [7, 11) is 0. The number of anilines is 1. The lowest BCUT2D eigenvalue weighted by atomic mass is 10.0. The van der Waals surface area contributed by atoms with E-state index < -0.39 is 17.9 Å². The molecule has 1 saturated carbocycles. The van der Waals surface area contributed by atoms with Gasteiger partial charge in [0.1, 0.15) is 6.04 Å². The van der Waals surface area contributed by atoms with Crippen molar-refractivity contribution in [3.05, 3.63) is 72.4 Å². The van der Waals surface area contributed by atoms with Gasteiger partial charge in [-0.3, -0.25) is 24.3 Å². The average molecular weight is 491 g/mol. The molecule has 36 heavy (non-hydrogen) atoms. The van der Waals surface area contributed by atoms with Crippen LogP contribution in [0.25, 0.3) is 0 Å². The molecule has 2 aromatic heterocycles. The summed E-state index contributed by atoms with van der Waals surface area (Å²) in [5.74, 6) is -0.258. The van der Waals surface area contributed by atoms with Crippen molar-refractivity contribution < 1.29 is 28.3 Å². The minimum atomic E-state index is -1.02. The Hall–Kier alpha value is -4.34. The van der Waals surface area contributed by atoms with Gasteiger partial charge in [0.15, 0.2) is 17.3 Å². The van der Waals surface area contributed by atoms with Crippen molar-refractivity contribution in [2.45, 2.75) is 37.8 Å². The maximum Gasteiger partial charge on any atom is 0.287 e. The van der Waals surface area contributed by atoms with Gasteiger partial charge in [-0.15, -0.1) is 0 Å². The first-order valence-corrected chi connectivity index (χ1v) is 11.8. The number of hydrogen-bond donors (Lipinski definition) is 2. The third-order valence-electron chi connectivity index (χ3n) is 6.26. The summed E-state index contributed by atoms with van der Waals surface area (Å²) in [4.78, 5) is 45.3. The summed E-state index contributed by atoms with van der Waals surface area (Å²) in [6, 6.07) is 10.6. The normalized spacial score (nSPS) is 15.3. The quantitative estimate of drug-likeness (QED) is 0.498. The molecular formula is C26H26N4O6. The number of rotatable bonds is 8. The number of benzene rings is 1. The van der Waals surface area contributed by atoms with Crippen LogP contribution in [-0.4, -0.2) is 42.1 Å². The number of pyridine rings is 1. The van der Waals surface area contributed by atoms with Crippen molar-refractivity contribution in [1.82, 2.24) is 15.6 Å². The number of furan rings is 1. The molecule has 0 radical (unpaired) electrons. The molecule has 0 bridgehead atoms. The first-order chi connectivity index (χ1) is 17.6. The Labute approximate surface area is 207 Å². The molecule has 3 aromatic rings. The van der Waals surface area contributed by atoms with Crippen molar-refractivity contribution in [2.75, 3.05) is 18.2 Å². The van der Waals surface area contributed by atoms with E-state index in [0.717, 1.165) is 25.7 Å². The van der Waals surface area contributed by atoms with Crippen LogP contribution >= 0.6 is 0 Å². The summed E-state index contributed by atoms with van der Waals surface area (Å²) >= 11 is 0. The molecule has 1 aliphatic heterocycles. The summed E-state index contributed by atoms with van der Waals surface area (Å²) in [6.07, 6.45) is 8.42. The largest absolute Gasteiger partial charge is 0.459 e. The number of nitrogens with zero attached hydrogens (tertiary/aromatic N) is 2. The second-order valence-electron chi connectivity index (χ2n) is 8.64. The molecule has 0 saturated heterocycles. The molecule has 10 nitrogen and oxygen atoms in total. The minimum Gasteiger partial charge on any atom is -0.459 e. The summed E-state index contributed by atoms with van der Waals surface area (Å²) in [5.41, 5.74) is 0.961. The fourth-order valence-corrected chi connectivity index (χ4v) is 4.51. The van der Waals surface area contributed by atoms with Crippen LogP contribution < -0.4 is 25.0 Å². The highest BCUT2D eigenvalue weighted by Crippen LogP contribution is 2.38. The Bertz CT molecular complexity index is 1220. The van der Waals surface area contributed by atoms with Gasteiger partial charge in [-0.25, -0.2) is 0 Å². The Morgan fingerprint density at radius 1 is 1.06 bits per heavy atom. The number of carbonyl (C=O) groups excluding carboxylic acids is 3. The van der Waals surface area contributed by atoms with Crippen molar-refractivity contribution in [3.8, 4) is 11.5 Å². The molecule has 1 aliphatic carbocycles. The highest BCUT2D eigenvalue weighted by molar-refractivity contribution is 6.04. The van der Waals surface area contributed by atoms with Crippen molar-refractivity contribution >= 4 is 23.4 Å². The molecule has 0 unspecified atom stereocenters. The number of nitrogens with one attached hydrogen (secondary N) is 2. The van der Waals surface area contributed by atoms with Crippen LogP contribution in [0.2, 0.25) is 0 Å². The van der Waals surface area contributed by atoms with E-state index in [2.05, 4.69) is 15.6 Å². The first kappa shape index (κ1) is 23.4. The highest BCUT2D eigenvalue weighted by Gasteiger charge is 2.35. The second-order valence-corrected chi connectivity index (χ2v) is 8.64. The molecular weight excluding hydrogens is 464 g/mol. The summed E-state index contributed by atoms with van der Waals surface area (Å²) < 4.78 is 16.0. The van der Waals surface area contributed by atoms with Gasteiger partial charge in [0.25, 0.3) is 5.91 Å². The van der Waals surface area contributed by atoms with E-state index in [4.69, 9.17) is 13.9 Å². The fraction of sp³-hybridized carbons (Fsp3) is 0.308. The van der Waals surface area contributed by atoms with E-state index in [9.17, 15) is 14.4 Å². The van der Waals surface area contributed by atoms with Gasteiger partial charge in [-0.1, -0.05) is 18.9 Å². The van der Waals surface area contributed by atoms with Crippen LogP contribution in [0.3, 0.4) is 0 Å². The monoisotopic (exact) mass is 490 g/mol. The van der Waals surface area contributed by atoms with Gasteiger partial charge in [-0.2, -0.15) is 0 Å². The maximum absolute atomic E-state index is 13.7. The standard InChI is InChI=1S/C26H26N4O6/c31-23(15-28-25(32)21-8-4-12-34-21)30(19-9-10-20-22(13-19)36-16-35-20)24(17-5-3-11-27-14-17)26(33)29-18-6-1-2-7-18/h3-5,8-14,18,24H,1-2,6-7,15-16H2,(H,28,32)(H,29,33)/t24-/m1/s1. The van der Waals surface area contributed by atoms with E-state index in [1.807, 2.05) is 0 Å². The summed E-state index contributed by atoms with van der Waals surface area (Å²) in [6.45, 7) is -0.290. The highest BCUT2D eigenvalue weighted by atomic mass is 16.7. The maximum atomic E-state index is 13.7. The minimum absolute atomic E-state index is 0.0454. The van der Waals surface area contributed by atoms with E-state index in [1.54, 1.807) is 48.8 Å². The zero-order valence-electron chi connectivity index (χ0n) is 19.5. The number of carbonyl (C=O) groups is 3. The third kappa shape index (κ3) is 5.02. The van der Waals surface area contributed by atoms with E-state index in [1.165, 1.54) is 17.2 Å². The number of ether oxygens (including phenoxy) is 2. The first-order valence-electron chi connectivity index (χ1n) is 11.8. The van der Waals surface area contributed by atoms with Crippen molar-refractivity contribution in [2.24, 2.45) is 0 Å². The Morgan fingerprint density at radius 3 is 2.64 bits per heavy atom. The van der Waals surface area contributed by atoms with Gasteiger partial charge in [0, 0.05) is 35.8 Å². The average Bonchev–Trinajstić information content (AvgIpc) is 3.68. The Balaban J connectivity index is 1.49. The van der Waals surface area contributed by atoms with Crippen molar-refractivity contribution in [1.29, 1.82) is 0 Å². The van der Waals surface area contributed by atoms with Gasteiger partial charge in [-0.05, 0) is 43.2 Å². The molecule has 3 amide bonds. The van der Waals surface area contributed by atoms with Gasteiger partial charge >= 0.3 is 0 Å². The molecule has 5 rings (SSSR count). The third-order valence-corrected chi connectivity index (χ3v) is 6.26. The second kappa shape index (κ2) is 10.5. The van der Waals surface area contributed by atoms with E-state index in [0.29, 0.717) is 22.7 Å². The van der Waals surface area contributed by atoms with Crippen LogP contribution in [0.4, 0.5) is 5.69 Å². The van der Waals surface area contributed by atoms with Crippen LogP contribution in [0.1, 0.15) is 47.8 Å².